The van der Waals surface area contributed by atoms with E-state index in [1.165, 1.54) is 0 Å². The highest BCUT2D eigenvalue weighted by Crippen LogP contribution is 2.37. The summed E-state index contributed by atoms with van der Waals surface area (Å²) in [6.07, 6.45) is -2.53. The molecule has 1 aliphatic rings. The molecule has 0 aromatic carbocycles. The fraction of sp³-hybridized carbons (Fsp3) is 0.765. The van der Waals surface area contributed by atoms with Gasteiger partial charge in [0.25, 0.3) is 0 Å². The summed E-state index contributed by atoms with van der Waals surface area (Å²) < 4.78 is 44.1. The van der Waals surface area contributed by atoms with Crippen LogP contribution in [-0.4, -0.2) is 29.9 Å². The van der Waals surface area contributed by atoms with Gasteiger partial charge in [0.1, 0.15) is 6.54 Å². The Balaban J connectivity index is 0.00000338. The summed E-state index contributed by atoms with van der Waals surface area (Å²) >= 11 is 0. The molecule has 1 aromatic rings. The predicted molar refractivity (Wildman–Crippen MR) is 106 cm³/mol. The number of hydrogen-bond acceptors (Lipinski definition) is 3. The monoisotopic (exact) mass is 488 g/mol. The van der Waals surface area contributed by atoms with Gasteiger partial charge in [0.15, 0.2) is 11.7 Å². The van der Waals surface area contributed by atoms with Gasteiger partial charge < -0.3 is 15.2 Å². The summed E-state index contributed by atoms with van der Waals surface area (Å²) in [7, 11) is 0. The Morgan fingerprint density at radius 3 is 2.69 bits per heavy atom. The molecule has 150 valence electrons. The molecule has 1 aliphatic carbocycles. The molecule has 0 bridgehead atoms. The maximum atomic E-state index is 12.9. The van der Waals surface area contributed by atoms with E-state index >= 15 is 0 Å². The highest BCUT2D eigenvalue weighted by molar-refractivity contribution is 14.0. The van der Waals surface area contributed by atoms with E-state index in [0.29, 0.717) is 31.2 Å². The van der Waals surface area contributed by atoms with Crippen LogP contribution in [0, 0.1) is 5.92 Å². The first-order valence-corrected chi connectivity index (χ1v) is 8.86. The van der Waals surface area contributed by atoms with E-state index in [4.69, 9.17) is 4.52 Å². The molecule has 0 radical (unpaired) electrons. The second kappa shape index (κ2) is 10.4. The van der Waals surface area contributed by atoms with E-state index in [1.807, 2.05) is 26.8 Å². The topological polar surface area (TPSA) is 62.5 Å². The molecule has 0 aliphatic heterocycles. The van der Waals surface area contributed by atoms with Crippen molar-refractivity contribution in [1.82, 2.24) is 15.8 Å². The Labute approximate surface area is 169 Å². The zero-order chi connectivity index (χ0) is 18.4. The van der Waals surface area contributed by atoms with E-state index < -0.39 is 12.1 Å². The van der Waals surface area contributed by atoms with Gasteiger partial charge in [0.05, 0.1) is 11.6 Å². The maximum Gasteiger partial charge on any atom is 0.391 e. The van der Waals surface area contributed by atoms with Gasteiger partial charge in [-0.2, -0.15) is 13.2 Å². The first-order chi connectivity index (χ1) is 11.8. The molecule has 1 heterocycles. The third-order valence-electron chi connectivity index (χ3n) is 4.38. The number of aliphatic imine (C=N–C) groups is 1. The molecule has 26 heavy (non-hydrogen) atoms. The van der Waals surface area contributed by atoms with Crippen LogP contribution in [0.2, 0.25) is 0 Å². The van der Waals surface area contributed by atoms with Crippen molar-refractivity contribution in [1.29, 1.82) is 0 Å². The normalized spacial score (nSPS) is 21.4. The molecule has 5 nitrogen and oxygen atoms in total. The summed E-state index contributed by atoms with van der Waals surface area (Å²) in [5.74, 6) is 0.189. The first-order valence-electron chi connectivity index (χ1n) is 8.86. The number of nitrogens with zero attached hydrogens (tertiary/aromatic N) is 2. The van der Waals surface area contributed by atoms with Crippen molar-refractivity contribution >= 4 is 29.9 Å². The number of guanidine groups is 1. The second-order valence-electron chi connectivity index (χ2n) is 6.81. The van der Waals surface area contributed by atoms with Crippen molar-refractivity contribution in [3.8, 4) is 0 Å². The smallest absolute Gasteiger partial charge is 0.359 e. The number of alkyl halides is 3. The molecular formula is C17H28F3IN4O. The average Bonchev–Trinajstić information content (AvgIpc) is 3.01. The van der Waals surface area contributed by atoms with Crippen molar-refractivity contribution < 1.29 is 17.7 Å². The van der Waals surface area contributed by atoms with Crippen LogP contribution in [0.4, 0.5) is 13.2 Å². The Morgan fingerprint density at radius 2 is 2.12 bits per heavy atom. The molecule has 0 spiro atoms. The molecule has 2 N–H and O–H groups in total. The van der Waals surface area contributed by atoms with E-state index in [2.05, 4.69) is 20.8 Å². The zero-order valence-electron chi connectivity index (χ0n) is 15.4. The largest absolute Gasteiger partial charge is 0.391 e. The fourth-order valence-corrected chi connectivity index (χ4v) is 2.96. The highest BCUT2D eigenvalue weighted by atomic mass is 127. The van der Waals surface area contributed by atoms with Crippen LogP contribution in [0.25, 0.3) is 0 Å². The predicted octanol–water partition coefficient (Wildman–Crippen LogP) is 4.59. The van der Waals surface area contributed by atoms with Crippen LogP contribution in [0.15, 0.2) is 15.6 Å². The maximum absolute atomic E-state index is 12.9. The summed E-state index contributed by atoms with van der Waals surface area (Å²) in [6.45, 7) is 6.90. The van der Waals surface area contributed by atoms with E-state index in [9.17, 15) is 13.2 Å². The lowest BCUT2D eigenvalue weighted by Gasteiger charge is -2.31. The van der Waals surface area contributed by atoms with Crippen LogP contribution in [-0.2, 0) is 6.54 Å². The van der Waals surface area contributed by atoms with E-state index in [1.54, 1.807) is 0 Å². The lowest BCUT2D eigenvalue weighted by atomic mass is 9.85. The van der Waals surface area contributed by atoms with Crippen molar-refractivity contribution in [2.75, 3.05) is 6.54 Å². The molecule has 0 saturated heterocycles. The van der Waals surface area contributed by atoms with Gasteiger partial charge in [-0.15, -0.1) is 24.0 Å². The number of nitrogens with one attached hydrogen (secondary N) is 2. The Hall–Kier alpha value is -1.00. The van der Waals surface area contributed by atoms with Crippen LogP contribution < -0.4 is 10.6 Å². The van der Waals surface area contributed by atoms with Gasteiger partial charge in [-0.1, -0.05) is 25.4 Å². The van der Waals surface area contributed by atoms with Crippen LogP contribution >= 0.6 is 24.0 Å². The Morgan fingerprint density at radius 1 is 1.38 bits per heavy atom. The van der Waals surface area contributed by atoms with Crippen molar-refractivity contribution in [3.63, 3.8) is 0 Å². The zero-order valence-corrected chi connectivity index (χ0v) is 17.7. The summed E-state index contributed by atoms with van der Waals surface area (Å²) in [6, 6.07) is 1.64. The fourth-order valence-electron chi connectivity index (χ4n) is 2.96. The highest BCUT2D eigenvalue weighted by Gasteiger charge is 2.42. The first kappa shape index (κ1) is 23.0. The lowest BCUT2D eigenvalue weighted by molar-refractivity contribution is -0.183. The van der Waals surface area contributed by atoms with Crippen LogP contribution in [0.1, 0.15) is 63.8 Å². The molecule has 1 aromatic heterocycles. The van der Waals surface area contributed by atoms with Crippen LogP contribution in [0.3, 0.4) is 0 Å². The van der Waals surface area contributed by atoms with Crippen molar-refractivity contribution in [2.45, 2.75) is 71.1 Å². The molecule has 2 atom stereocenters. The molecule has 1 saturated carbocycles. The van der Waals surface area contributed by atoms with Crippen molar-refractivity contribution in [2.24, 2.45) is 10.9 Å². The third-order valence-corrected chi connectivity index (χ3v) is 4.38. The number of rotatable bonds is 5. The standard InChI is InChI=1S/C17H27F3N4O.HI/c1-4-21-16(22-10-14-9-15(11(2)3)24-25-14)23-13-7-5-6-12(8-13)17(18,19)20;/h9,11-13H,4-8,10H2,1-3H3,(H2,21,22,23);1H. The molecule has 0 amide bonds. The molecular weight excluding hydrogens is 460 g/mol. The van der Waals surface area contributed by atoms with Gasteiger partial charge in [-0.3, -0.25) is 0 Å². The van der Waals surface area contributed by atoms with Gasteiger partial charge in [-0.05, 0) is 32.1 Å². The summed E-state index contributed by atoms with van der Waals surface area (Å²) in [4.78, 5) is 4.42. The van der Waals surface area contributed by atoms with Gasteiger partial charge in [-0.25, -0.2) is 4.99 Å². The number of hydrogen-bond donors (Lipinski definition) is 2. The SMILES string of the molecule is CCNC(=NCc1cc(C(C)C)no1)NC1CCCC(C(F)(F)F)C1.I. The molecule has 9 heteroatoms. The summed E-state index contributed by atoms with van der Waals surface area (Å²) in [5.41, 5.74) is 0.864. The Kier molecular flexibility index (Phi) is 9.18. The third kappa shape index (κ3) is 6.96. The average molecular weight is 488 g/mol. The number of aromatic nitrogens is 1. The summed E-state index contributed by atoms with van der Waals surface area (Å²) in [5, 5.41) is 10.2. The van der Waals surface area contributed by atoms with E-state index in [-0.39, 0.29) is 48.8 Å². The minimum Gasteiger partial charge on any atom is -0.359 e. The van der Waals surface area contributed by atoms with Crippen LogP contribution in [0.5, 0.6) is 0 Å². The van der Waals surface area contributed by atoms with Gasteiger partial charge >= 0.3 is 6.18 Å². The minimum absolute atomic E-state index is 0. The van der Waals surface area contributed by atoms with E-state index in [0.717, 1.165) is 12.1 Å². The quantitative estimate of drug-likeness (QED) is 0.362. The molecule has 1 fully saturated rings. The second-order valence-corrected chi connectivity index (χ2v) is 6.81. The molecule has 2 rings (SSSR count). The van der Waals surface area contributed by atoms with Gasteiger partial charge in [0.2, 0.25) is 0 Å². The van der Waals surface area contributed by atoms with Gasteiger partial charge in [0, 0.05) is 18.7 Å². The Bertz CT molecular complexity index is 575. The van der Waals surface area contributed by atoms with Crippen molar-refractivity contribution in [3.05, 3.63) is 17.5 Å². The minimum atomic E-state index is -4.12. The molecule has 2 unspecified atom stereocenters. The lowest BCUT2D eigenvalue weighted by Crippen LogP contribution is -2.46. The number of halogens is 4.